The molecule has 0 unspecified atom stereocenters. The van der Waals surface area contributed by atoms with Crippen LogP contribution in [0, 0.1) is 6.92 Å². The van der Waals surface area contributed by atoms with E-state index >= 15 is 0 Å². The Kier molecular flexibility index (Phi) is 2.21. The molecule has 0 fully saturated rings. The van der Waals surface area contributed by atoms with E-state index in [1.807, 2.05) is 31.2 Å². The third-order valence-electron chi connectivity index (χ3n) is 2.05. The zero-order chi connectivity index (χ0) is 10.8. The molecule has 15 heavy (non-hydrogen) atoms. The second-order valence-electron chi connectivity index (χ2n) is 3.19. The van der Waals surface area contributed by atoms with Gasteiger partial charge in [0.1, 0.15) is 5.69 Å². The number of primary amides is 1. The maximum absolute atomic E-state index is 11.0. The van der Waals surface area contributed by atoms with Gasteiger partial charge in [-0.15, -0.1) is 0 Å². The van der Waals surface area contributed by atoms with Crippen molar-refractivity contribution in [3.63, 3.8) is 0 Å². The number of aryl methyl sites for hydroxylation is 1. The van der Waals surface area contributed by atoms with E-state index in [1.54, 1.807) is 0 Å². The number of nitrogens with zero attached hydrogens (tertiary/aromatic N) is 2. The summed E-state index contributed by atoms with van der Waals surface area (Å²) in [4.78, 5) is 11.0. The average Bonchev–Trinajstić information content (AvgIpc) is 2.67. The summed E-state index contributed by atoms with van der Waals surface area (Å²) >= 11 is 0. The fourth-order valence-corrected chi connectivity index (χ4v) is 1.25. The Morgan fingerprint density at radius 1 is 1.27 bits per heavy atom. The van der Waals surface area contributed by atoms with Crippen LogP contribution in [0.1, 0.15) is 16.1 Å². The van der Waals surface area contributed by atoms with Crippen LogP contribution in [-0.2, 0) is 0 Å². The molecule has 2 N–H and O–H groups in total. The number of rotatable bonds is 2. The molecule has 0 saturated carbocycles. The van der Waals surface area contributed by atoms with Gasteiger partial charge < -0.3 is 5.73 Å². The second-order valence-corrected chi connectivity index (χ2v) is 3.19. The molecule has 5 heteroatoms. The largest absolute Gasteiger partial charge is 0.364 e. The van der Waals surface area contributed by atoms with E-state index in [0.29, 0.717) is 5.69 Å². The summed E-state index contributed by atoms with van der Waals surface area (Å²) in [5.41, 5.74) is 7.44. The minimum Gasteiger partial charge on any atom is -0.364 e. The lowest BCUT2D eigenvalue weighted by atomic mass is 10.1. The van der Waals surface area contributed by atoms with Crippen LogP contribution < -0.4 is 5.73 Å². The van der Waals surface area contributed by atoms with E-state index < -0.39 is 5.91 Å². The summed E-state index contributed by atoms with van der Waals surface area (Å²) in [7, 11) is 0. The highest BCUT2D eigenvalue weighted by Crippen LogP contribution is 2.20. The van der Waals surface area contributed by atoms with Crippen molar-refractivity contribution in [1.29, 1.82) is 0 Å². The number of benzene rings is 1. The molecule has 0 bridgehead atoms. The molecule has 0 spiro atoms. The Morgan fingerprint density at radius 2 is 1.93 bits per heavy atom. The standard InChI is InChI=1S/C10H9N3O2/c1-6-2-4-7(5-3-6)8-9(10(11)14)13-15-12-8/h2-5H,1H3,(H2,11,14). The predicted molar refractivity (Wildman–Crippen MR) is 53.0 cm³/mol. The number of aromatic nitrogens is 2. The number of hydrogen-bond acceptors (Lipinski definition) is 4. The number of carbonyl (C=O) groups is 1. The molecule has 0 aliphatic heterocycles. The van der Waals surface area contributed by atoms with Gasteiger partial charge >= 0.3 is 0 Å². The molecule has 0 radical (unpaired) electrons. The summed E-state index contributed by atoms with van der Waals surface area (Å²) in [6, 6.07) is 7.49. The lowest BCUT2D eigenvalue weighted by Gasteiger charge is -1.97. The van der Waals surface area contributed by atoms with Crippen LogP contribution in [0.2, 0.25) is 0 Å². The first-order valence-corrected chi connectivity index (χ1v) is 4.38. The second kappa shape index (κ2) is 3.53. The summed E-state index contributed by atoms with van der Waals surface area (Å²) in [6.45, 7) is 1.97. The van der Waals surface area contributed by atoms with E-state index in [1.165, 1.54) is 0 Å². The van der Waals surface area contributed by atoms with Gasteiger partial charge in [-0.1, -0.05) is 29.8 Å². The summed E-state index contributed by atoms with van der Waals surface area (Å²) in [5.74, 6) is -0.646. The van der Waals surface area contributed by atoms with Gasteiger partial charge in [0.2, 0.25) is 0 Å². The molecule has 0 aliphatic rings. The van der Waals surface area contributed by atoms with Crippen LogP contribution in [-0.4, -0.2) is 16.2 Å². The molecular formula is C10H9N3O2. The monoisotopic (exact) mass is 203 g/mol. The predicted octanol–water partition coefficient (Wildman–Crippen LogP) is 1.14. The van der Waals surface area contributed by atoms with E-state index in [9.17, 15) is 4.79 Å². The Balaban J connectivity index is 2.49. The Bertz CT molecular complexity index is 488. The lowest BCUT2D eigenvalue weighted by Crippen LogP contribution is -2.12. The summed E-state index contributed by atoms with van der Waals surface area (Å²) < 4.78 is 4.49. The number of hydrogen-bond donors (Lipinski definition) is 1. The first kappa shape index (κ1) is 9.39. The van der Waals surface area contributed by atoms with Crippen LogP contribution in [0.15, 0.2) is 28.9 Å². The maximum atomic E-state index is 11.0. The van der Waals surface area contributed by atoms with Gasteiger partial charge in [-0.2, -0.15) is 0 Å². The Labute approximate surface area is 85.9 Å². The van der Waals surface area contributed by atoms with E-state index in [2.05, 4.69) is 14.9 Å². The van der Waals surface area contributed by atoms with E-state index in [0.717, 1.165) is 11.1 Å². The smallest absolute Gasteiger partial charge is 0.273 e. The van der Waals surface area contributed by atoms with Gasteiger partial charge in [0.05, 0.1) is 0 Å². The van der Waals surface area contributed by atoms with Crippen molar-refractivity contribution >= 4 is 5.91 Å². The summed E-state index contributed by atoms with van der Waals surface area (Å²) in [6.07, 6.45) is 0. The van der Waals surface area contributed by atoms with Crippen molar-refractivity contribution < 1.29 is 9.42 Å². The molecule has 76 valence electrons. The van der Waals surface area contributed by atoms with Crippen molar-refractivity contribution in [1.82, 2.24) is 10.3 Å². The van der Waals surface area contributed by atoms with Gasteiger partial charge in [-0.05, 0) is 17.2 Å². The Morgan fingerprint density at radius 3 is 2.53 bits per heavy atom. The normalized spacial score (nSPS) is 10.2. The van der Waals surface area contributed by atoms with Crippen LogP contribution in [0.5, 0.6) is 0 Å². The minimum absolute atomic E-state index is 0.0545. The molecule has 0 aliphatic carbocycles. The topological polar surface area (TPSA) is 82.0 Å². The zero-order valence-electron chi connectivity index (χ0n) is 8.10. The molecule has 0 atom stereocenters. The van der Waals surface area contributed by atoms with Gasteiger partial charge in [-0.25, -0.2) is 4.63 Å². The molecule has 2 rings (SSSR count). The molecule has 5 nitrogen and oxygen atoms in total. The molecule has 2 aromatic rings. The average molecular weight is 203 g/mol. The van der Waals surface area contributed by atoms with Crippen LogP contribution in [0.4, 0.5) is 0 Å². The zero-order valence-corrected chi connectivity index (χ0v) is 8.10. The number of carbonyl (C=O) groups excluding carboxylic acids is 1. The van der Waals surface area contributed by atoms with Crippen molar-refractivity contribution in [2.24, 2.45) is 5.73 Å². The maximum Gasteiger partial charge on any atom is 0.273 e. The van der Waals surface area contributed by atoms with Crippen molar-refractivity contribution in [2.45, 2.75) is 6.92 Å². The highest BCUT2D eigenvalue weighted by Gasteiger charge is 2.16. The fourth-order valence-electron chi connectivity index (χ4n) is 1.25. The van der Waals surface area contributed by atoms with Crippen molar-refractivity contribution in [3.8, 4) is 11.3 Å². The fraction of sp³-hybridized carbons (Fsp3) is 0.100. The first-order chi connectivity index (χ1) is 7.18. The lowest BCUT2D eigenvalue weighted by molar-refractivity contribution is 0.0991. The van der Waals surface area contributed by atoms with Gasteiger partial charge in [0, 0.05) is 5.56 Å². The van der Waals surface area contributed by atoms with E-state index in [-0.39, 0.29) is 5.69 Å². The summed E-state index contributed by atoms with van der Waals surface area (Å²) in [5, 5.41) is 7.10. The molecular weight excluding hydrogens is 194 g/mol. The first-order valence-electron chi connectivity index (χ1n) is 4.38. The minimum atomic E-state index is -0.646. The highest BCUT2D eigenvalue weighted by atomic mass is 16.6. The van der Waals surface area contributed by atoms with Crippen LogP contribution in [0.25, 0.3) is 11.3 Å². The van der Waals surface area contributed by atoms with Crippen LogP contribution >= 0.6 is 0 Å². The molecule has 1 amide bonds. The van der Waals surface area contributed by atoms with Gasteiger partial charge in [-0.3, -0.25) is 4.79 Å². The van der Waals surface area contributed by atoms with Crippen molar-refractivity contribution in [3.05, 3.63) is 35.5 Å². The van der Waals surface area contributed by atoms with Crippen LogP contribution in [0.3, 0.4) is 0 Å². The Hall–Kier alpha value is -2.17. The molecule has 1 heterocycles. The number of amides is 1. The highest BCUT2D eigenvalue weighted by molar-refractivity contribution is 5.96. The molecule has 1 aromatic carbocycles. The third-order valence-corrected chi connectivity index (χ3v) is 2.05. The van der Waals surface area contributed by atoms with Gasteiger partial charge in [0.15, 0.2) is 5.69 Å². The van der Waals surface area contributed by atoms with E-state index in [4.69, 9.17) is 5.73 Å². The van der Waals surface area contributed by atoms with Crippen molar-refractivity contribution in [2.75, 3.05) is 0 Å². The van der Waals surface area contributed by atoms with Gasteiger partial charge in [0.25, 0.3) is 5.91 Å². The third kappa shape index (κ3) is 1.71. The molecule has 0 saturated heterocycles. The number of nitrogens with two attached hydrogens (primary N) is 1. The SMILES string of the molecule is Cc1ccc(-c2nonc2C(N)=O)cc1. The quantitative estimate of drug-likeness (QED) is 0.793. The molecule has 1 aromatic heterocycles.